The molecule has 0 radical (unpaired) electrons. The largest absolute Gasteiger partial charge is 0.573 e. The first kappa shape index (κ1) is 12.2. The summed E-state index contributed by atoms with van der Waals surface area (Å²) in [5.74, 6) is 0.332. The Balaban J connectivity index is 2.72. The van der Waals surface area contributed by atoms with E-state index in [1.807, 2.05) is 6.92 Å². The normalized spacial score (nSPS) is 13.7. The zero-order chi connectivity index (χ0) is 11.5. The minimum Gasteiger partial charge on any atom is -0.406 e. The van der Waals surface area contributed by atoms with Crippen LogP contribution in [-0.4, -0.2) is 12.2 Å². The third-order valence-electron chi connectivity index (χ3n) is 1.91. The van der Waals surface area contributed by atoms with Crippen LogP contribution in [0.1, 0.15) is 18.4 Å². The number of benzene rings is 1. The lowest BCUT2D eigenvalue weighted by atomic mass is 10.0. The molecule has 0 aromatic heterocycles. The number of halogens is 4. The highest BCUT2D eigenvalue weighted by atomic mass is 35.5. The van der Waals surface area contributed by atoms with E-state index in [1.165, 1.54) is 12.1 Å². The SMILES string of the molecule is CC(CCl)c1ccc(OC(F)(F)F)cc1. The molecule has 0 saturated heterocycles. The van der Waals surface area contributed by atoms with Gasteiger partial charge in [-0.2, -0.15) is 0 Å². The molecule has 1 atom stereocenters. The molecule has 0 fully saturated rings. The van der Waals surface area contributed by atoms with Crippen LogP contribution < -0.4 is 4.74 Å². The summed E-state index contributed by atoms with van der Waals surface area (Å²) in [5.41, 5.74) is 0.888. The second-order valence-corrected chi connectivity index (χ2v) is 3.48. The van der Waals surface area contributed by atoms with E-state index in [4.69, 9.17) is 11.6 Å². The van der Waals surface area contributed by atoms with Gasteiger partial charge < -0.3 is 4.74 Å². The van der Waals surface area contributed by atoms with E-state index in [1.54, 1.807) is 12.1 Å². The number of ether oxygens (including phenoxy) is 1. The van der Waals surface area contributed by atoms with Gasteiger partial charge in [0.2, 0.25) is 0 Å². The highest BCUT2D eigenvalue weighted by Crippen LogP contribution is 2.25. The van der Waals surface area contributed by atoms with Gasteiger partial charge in [-0.3, -0.25) is 0 Å². The van der Waals surface area contributed by atoms with E-state index in [0.29, 0.717) is 5.88 Å². The van der Waals surface area contributed by atoms with Crippen molar-refractivity contribution in [2.75, 3.05) is 5.88 Å². The minimum atomic E-state index is -4.64. The van der Waals surface area contributed by atoms with Crippen LogP contribution in [0.4, 0.5) is 13.2 Å². The lowest BCUT2D eigenvalue weighted by molar-refractivity contribution is -0.274. The van der Waals surface area contributed by atoms with Gasteiger partial charge in [0.25, 0.3) is 0 Å². The maximum absolute atomic E-state index is 11.8. The maximum atomic E-state index is 11.8. The fourth-order valence-electron chi connectivity index (χ4n) is 1.09. The molecule has 1 nitrogen and oxygen atoms in total. The Hall–Kier alpha value is -0.900. The van der Waals surface area contributed by atoms with Crippen molar-refractivity contribution in [2.45, 2.75) is 19.2 Å². The van der Waals surface area contributed by atoms with Crippen LogP contribution >= 0.6 is 11.6 Å². The van der Waals surface area contributed by atoms with Gasteiger partial charge in [-0.15, -0.1) is 24.8 Å². The lowest BCUT2D eigenvalue weighted by Gasteiger charge is -2.11. The van der Waals surface area contributed by atoms with Crippen molar-refractivity contribution >= 4 is 11.6 Å². The predicted octanol–water partition coefficient (Wildman–Crippen LogP) is 3.93. The van der Waals surface area contributed by atoms with Crippen LogP contribution in [0.25, 0.3) is 0 Å². The third-order valence-corrected chi connectivity index (χ3v) is 2.38. The Bertz CT molecular complexity index is 307. The molecule has 0 N–H and O–H groups in total. The van der Waals surface area contributed by atoms with E-state index < -0.39 is 6.36 Å². The molecule has 84 valence electrons. The van der Waals surface area contributed by atoms with E-state index in [-0.39, 0.29) is 11.7 Å². The average Bonchev–Trinajstić information content (AvgIpc) is 2.15. The van der Waals surface area contributed by atoms with Gasteiger partial charge in [0.15, 0.2) is 0 Å². The first-order valence-electron chi connectivity index (χ1n) is 4.34. The predicted molar refractivity (Wildman–Crippen MR) is 52.3 cm³/mol. The molecule has 5 heteroatoms. The molecule has 1 aromatic rings. The standard InChI is InChI=1S/C10H10ClF3O/c1-7(6-11)8-2-4-9(5-3-8)15-10(12,13)14/h2-5,7H,6H2,1H3. The zero-order valence-electron chi connectivity index (χ0n) is 8.01. The topological polar surface area (TPSA) is 9.23 Å². The molecule has 1 unspecified atom stereocenters. The highest BCUT2D eigenvalue weighted by Gasteiger charge is 2.30. The molecule has 0 aliphatic carbocycles. The summed E-state index contributed by atoms with van der Waals surface area (Å²) in [6.45, 7) is 1.90. The molecular formula is C10H10ClF3O. The summed E-state index contributed by atoms with van der Waals surface area (Å²) in [6.07, 6.45) is -4.64. The first-order valence-corrected chi connectivity index (χ1v) is 4.87. The van der Waals surface area contributed by atoms with Crippen molar-refractivity contribution in [2.24, 2.45) is 0 Å². The summed E-state index contributed by atoms with van der Waals surface area (Å²) in [6, 6.07) is 5.72. The van der Waals surface area contributed by atoms with Gasteiger partial charge in [-0.05, 0) is 23.6 Å². The van der Waals surface area contributed by atoms with Crippen molar-refractivity contribution in [1.29, 1.82) is 0 Å². The van der Waals surface area contributed by atoms with Gasteiger partial charge >= 0.3 is 6.36 Å². The summed E-state index contributed by atoms with van der Waals surface area (Å²) in [7, 11) is 0. The number of alkyl halides is 4. The van der Waals surface area contributed by atoms with Crippen LogP contribution in [0.3, 0.4) is 0 Å². The second kappa shape index (κ2) is 4.75. The van der Waals surface area contributed by atoms with Crippen LogP contribution in [-0.2, 0) is 0 Å². The Morgan fingerprint density at radius 2 is 1.80 bits per heavy atom. The summed E-state index contributed by atoms with van der Waals surface area (Å²) >= 11 is 5.62. The van der Waals surface area contributed by atoms with Gasteiger partial charge in [-0.1, -0.05) is 19.1 Å². The van der Waals surface area contributed by atoms with Crippen molar-refractivity contribution in [3.05, 3.63) is 29.8 Å². The smallest absolute Gasteiger partial charge is 0.406 e. The average molecular weight is 239 g/mol. The fourth-order valence-corrected chi connectivity index (χ4v) is 1.27. The minimum absolute atomic E-state index is 0.117. The summed E-state index contributed by atoms with van der Waals surface area (Å²) in [5, 5.41) is 0. The summed E-state index contributed by atoms with van der Waals surface area (Å²) < 4.78 is 39.2. The van der Waals surface area contributed by atoms with Crippen molar-refractivity contribution in [3.63, 3.8) is 0 Å². The van der Waals surface area contributed by atoms with E-state index in [2.05, 4.69) is 4.74 Å². The molecule has 0 spiro atoms. The molecular weight excluding hydrogens is 229 g/mol. The Labute approximate surface area is 90.8 Å². The van der Waals surface area contributed by atoms with Crippen LogP contribution in [0.15, 0.2) is 24.3 Å². The number of hydrogen-bond donors (Lipinski definition) is 0. The number of rotatable bonds is 3. The van der Waals surface area contributed by atoms with Crippen LogP contribution in [0, 0.1) is 0 Å². The third kappa shape index (κ3) is 4.00. The van der Waals surface area contributed by atoms with Crippen molar-refractivity contribution in [3.8, 4) is 5.75 Å². The molecule has 0 amide bonds. The Kier molecular flexibility index (Phi) is 3.85. The van der Waals surface area contributed by atoms with Crippen molar-refractivity contribution in [1.82, 2.24) is 0 Å². The second-order valence-electron chi connectivity index (χ2n) is 3.17. The molecule has 0 aliphatic heterocycles. The highest BCUT2D eigenvalue weighted by molar-refractivity contribution is 6.18. The van der Waals surface area contributed by atoms with Crippen LogP contribution in [0.2, 0.25) is 0 Å². The molecule has 1 aromatic carbocycles. The lowest BCUT2D eigenvalue weighted by Crippen LogP contribution is -2.17. The maximum Gasteiger partial charge on any atom is 0.573 e. The molecule has 0 bridgehead atoms. The zero-order valence-corrected chi connectivity index (χ0v) is 8.77. The fraction of sp³-hybridized carbons (Fsp3) is 0.400. The van der Waals surface area contributed by atoms with Crippen LogP contribution in [0.5, 0.6) is 5.75 Å². The molecule has 0 aliphatic rings. The summed E-state index contributed by atoms with van der Waals surface area (Å²) in [4.78, 5) is 0. The van der Waals surface area contributed by atoms with E-state index >= 15 is 0 Å². The molecule has 1 rings (SSSR count). The monoisotopic (exact) mass is 238 g/mol. The Morgan fingerprint density at radius 1 is 1.27 bits per heavy atom. The van der Waals surface area contributed by atoms with Gasteiger partial charge in [-0.25, -0.2) is 0 Å². The van der Waals surface area contributed by atoms with Gasteiger partial charge in [0, 0.05) is 5.88 Å². The van der Waals surface area contributed by atoms with Gasteiger partial charge in [0.1, 0.15) is 5.75 Å². The van der Waals surface area contributed by atoms with E-state index in [0.717, 1.165) is 5.56 Å². The first-order chi connectivity index (χ1) is 6.92. The number of hydrogen-bond acceptors (Lipinski definition) is 1. The molecule has 0 heterocycles. The van der Waals surface area contributed by atoms with E-state index in [9.17, 15) is 13.2 Å². The molecule has 15 heavy (non-hydrogen) atoms. The molecule has 0 saturated carbocycles. The van der Waals surface area contributed by atoms with Gasteiger partial charge in [0.05, 0.1) is 0 Å². The quantitative estimate of drug-likeness (QED) is 0.725. The Morgan fingerprint density at radius 3 is 2.20 bits per heavy atom. The van der Waals surface area contributed by atoms with Crippen molar-refractivity contribution < 1.29 is 17.9 Å².